The van der Waals surface area contributed by atoms with E-state index in [1.807, 2.05) is 0 Å². The lowest BCUT2D eigenvalue weighted by Crippen LogP contribution is -2.25. The zero-order chi connectivity index (χ0) is 12.1. The molecule has 92 valence electrons. The molecule has 17 heavy (non-hydrogen) atoms. The number of nitrogens with one attached hydrogen (secondary N) is 1. The molecule has 1 nitrogen and oxygen atoms in total. The molecule has 1 aromatic rings. The van der Waals surface area contributed by atoms with Crippen LogP contribution in [0.1, 0.15) is 31.2 Å². The highest BCUT2D eigenvalue weighted by Gasteiger charge is 2.07. The molecular formula is C14H17BrFN. The van der Waals surface area contributed by atoms with Crippen LogP contribution in [0.15, 0.2) is 28.7 Å². The summed E-state index contributed by atoms with van der Waals surface area (Å²) in [7, 11) is 0. The van der Waals surface area contributed by atoms with Crippen molar-refractivity contribution >= 4 is 22.0 Å². The highest BCUT2D eigenvalue weighted by Crippen LogP contribution is 2.20. The van der Waals surface area contributed by atoms with Gasteiger partial charge in [-0.15, -0.1) is 0 Å². The lowest BCUT2D eigenvalue weighted by Gasteiger charge is -2.10. The molecule has 0 spiro atoms. The number of hydrogen-bond donors (Lipinski definition) is 1. The third-order valence-corrected chi connectivity index (χ3v) is 3.76. The molecule has 1 aromatic carbocycles. The maximum absolute atomic E-state index is 12.9. The normalized spacial score (nSPS) is 21.6. The lowest BCUT2D eigenvalue weighted by atomic mass is 10.1. The quantitative estimate of drug-likeness (QED) is 0.865. The van der Waals surface area contributed by atoms with E-state index >= 15 is 0 Å². The van der Waals surface area contributed by atoms with Crippen LogP contribution in [0.3, 0.4) is 0 Å². The average molecular weight is 298 g/mol. The lowest BCUT2D eigenvalue weighted by molar-refractivity contribution is 0.599. The second-order valence-electron chi connectivity index (χ2n) is 4.43. The van der Waals surface area contributed by atoms with Crippen LogP contribution in [0, 0.1) is 5.82 Å². The Balaban J connectivity index is 2.03. The highest BCUT2D eigenvalue weighted by molar-refractivity contribution is 9.10. The van der Waals surface area contributed by atoms with Crippen molar-refractivity contribution in [3.05, 3.63) is 40.1 Å². The number of rotatable bonds is 2. The molecule has 1 aliphatic rings. The average Bonchev–Trinajstić information content (AvgIpc) is 2.56. The second kappa shape index (κ2) is 6.31. The molecule has 2 rings (SSSR count). The Kier molecular flexibility index (Phi) is 4.75. The summed E-state index contributed by atoms with van der Waals surface area (Å²) in [6.45, 7) is 1.10. The minimum absolute atomic E-state index is 0.207. The van der Waals surface area contributed by atoms with Crippen LogP contribution in [0.4, 0.5) is 4.39 Å². The Morgan fingerprint density at radius 1 is 1.29 bits per heavy atom. The van der Waals surface area contributed by atoms with E-state index in [1.54, 1.807) is 6.07 Å². The van der Waals surface area contributed by atoms with Gasteiger partial charge in [0, 0.05) is 10.5 Å². The summed E-state index contributed by atoms with van der Waals surface area (Å²) >= 11 is 3.38. The molecule has 0 amide bonds. The summed E-state index contributed by atoms with van der Waals surface area (Å²) in [4.78, 5) is 0. The van der Waals surface area contributed by atoms with Crippen LogP contribution in [-0.2, 0) is 0 Å². The predicted octanol–water partition coefficient (Wildman–Crippen LogP) is 4.13. The maximum atomic E-state index is 12.9. The molecule has 1 fully saturated rings. The molecule has 1 saturated heterocycles. The summed E-state index contributed by atoms with van der Waals surface area (Å²) in [5.74, 6) is -0.207. The first kappa shape index (κ1) is 12.8. The van der Waals surface area contributed by atoms with Crippen molar-refractivity contribution in [3.8, 4) is 0 Å². The standard InChI is InChI=1S/C14H17BrFN/c15-14-10-12(16)7-5-11(14)6-8-13-4-2-1-3-9-17-13/h5-8,10,13,17H,1-4,9H2/b8-6+. The Morgan fingerprint density at radius 2 is 2.18 bits per heavy atom. The van der Waals surface area contributed by atoms with Crippen molar-refractivity contribution < 1.29 is 4.39 Å². The van der Waals surface area contributed by atoms with Crippen LogP contribution in [0.2, 0.25) is 0 Å². The summed E-state index contributed by atoms with van der Waals surface area (Å²) in [5.41, 5.74) is 1.03. The van der Waals surface area contributed by atoms with Crippen molar-refractivity contribution in [2.75, 3.05) is 6.54 Å². The minimum Gasteiger partial charge on any atom is -0.311 e. The molecule has 1 atom stereocenters. The minimum atomic E-state index is -0.207. The van der Waals surface area contributed by atoms with Gasteiger partial charge in [0.15, 0.2) is 0 Å². The fourth-order valence-corrected chi connectivity index (χ4v) is 2.56. The number of halogens is 2. The summed E-state index contributed by atoms with van der Waals surface area (Å²) in [6, 6.07) is 5.24. The molecule has 1 aliphatic heterocycles. The largest absolute Gasteiger partial charge is 0.311 e. The van der Waals surface area contributed by atoms with E-state index in [1.165, 1.54) is 37.8 Å². The fourth-order valence-electron chi connectivity index (χ4n) is 2.08. The summed E-state index contributed by atoms with van der Waals surface area (Å²) in [5, 5.41) is 3.51. The maximum Gasteiger partial charge on any atom is 0.124 e. The van der Waals surface area contributed by atoms with E-state index in [2.05, 4.69) is 33.4 Å². The van der Waals surface area contributed by atoms with Gasteiger partial charge in [0.1, 0.15) is 5.82 Å². The summed E-state index contributed by atoms with van der Waals surface area (Å²) < 4.78 is 13.7. The molecule has 3 heteroatoms. The Bertz CT molecular complexity index is 395. The second-order valence-corrected chi connectivity index (χ2v) is 5.29. The van der Waals surface area contributed by atoms with Gasteiger partial charge >= 0.3 is 0 Å². The molecule has 0 bridgehead atoms. The predicted molar refractivity (Wildman–Crippen MR) is 73.4 cm³/mol. The third-order valence-electron chi connectivity index (χ3n) is 3.07. The van der Waals surface area contributed by atoms with Gasteiger partial charge in [-0.05, 0) is 37.1 Å². The van der Waals surface area contributed by atoms with Gasteiger partial charge in [0.05, 0.1) is 0 Å². The van der Waals surface area contributed by atoms with Gasteiger partial charge in [-0.1, -0.05) is 47.0 Å². The van der Waals surface area contributed by atoms with Gasteiger partial charge in [0.25, 0.3) is 0 Å². The van der Waals surface area contributed by atoms with E-state index in [0.717, 1.165) is 16.6 Å². The third kappa shape index (κ3) is 3.93. The zero-order valence-electron chi connectivity index (χ0n) is 9.76. The topological polar surface area (TPSA) is 12.0 Å². The number of benzene rings is 1. The van der Waals surface area contributed by atoms with Crippen molar-refractivity contribution in [2.24, 2.45) is 0 Å². The van der Waals surface area contributed by atoms with Crippen LogP contribution in [0.5, 0.6) is 0 Å². The molecule has 0 aliphatic carbocycles. The van der Waals surface area contributed by atoms with E-state index < -0.39 is 0 Å². The van der Waals surface area contributed by atoms with Crippen LogP contribution < -0.4 is 5.32 Å². The van der Waals surface area contributed by atoms with Crippen molar-refractivity contribution in [3.63, 3.8) is 0 Å². The highest BCUT2D eigenvalue weighted by atomic mass is 79.9. The fraction of sp³-hybridized carbons (Fsp3) is 0.429. The van der Waals surface area contributed by atoms with Gasteiger partial charge in [-0.25, -0.2) is 4.39 Å². The number of hydrogen-bond acceptors (Lipinski definition) is 1. The van der Waals surface area contributed by atoms with Crippen molar-refractivity contribution in [1.29, 1.82) is 0 Å². The van der Waals surface area contributed by atoms with E-state index in [-0.39, 0.29) is 5.82 Å². The van der Waals surface area contributed by atoms with Gasteiger partial charge in [-0.2, -0.15) is 0 Å². The monoisotopic (exact) mass is 297 g/mol. The molecule has 0 radical (unpaired) electrons. The van der Waals surface area contributed by atoms with Crippen molar-refractivity contribution in [1.82, 2.24) is 5.32 Å². The Hall–Kier alpha value is -0.670. The van der Waals surface area contributed by atoms with E-state index in [9.17, 15) is 4.39 Å². The van der Waals surface area contributed by atoms with Crippen LogP contribution >= 0.6 is 15.9 Å². The van der Waals surface area contributed by atoms with Gasteiger partial charge < -0.3 is 5.32 Å². The Labute approximate surface area is 110 Å². The summed E-state index contributed by atoms with van der Waals surface area (Å²) in [6.07, 6.45) is 9.31. The van der Waals surface area contributed by atoms with Crippen molar-refractivity contribution in [2.45, 2.75) is 31.7 Å². The molecule has 0 aromatic heterocycles. The first-order valence-electron chi connectivity index (χ1n) is 6.12. The van der Waals surface area contributed by atoms with Gasteiger partial charge in [0.2, 0.25) is 0 Å². The zero-order valence-corrected chi connectivity index (χ0v) is 11.3. The van der Waals surface area contributed by atoms with Gasteiger partial charge in [-0.3, -0.25) is 0 Å². The smallest absolute Gasteiger partial charge is 0.124 e. The molecule has 1 N–H and O–H groups in total. The first-order valence-corrected chi connectivity index (χ1v) is 6.91. The SMILES string of the molecule is Fc1ccc(/C=C/C2CCCCCN2)c(Br)c1. The molecule has 1 unspecified atom stereocenters. The molecular weight excluding hydrogens is 281 g/mol. The van der Waals surface area contributed by atoms with Crippen LogP contribution in [0.25, 0.3) is 6.08 Å². The molecule has 1 heterocycles. The molecule has 0 saturated carbocycles. The Morgan fingerprint density at radius 3 is 3.00 bits per heavy atom. The van der Waals surface area contributed by atoms with Crippen LogP contribution in [-0.4, -0.2) is 12.6 Å². The first-order chi connectivity index (χ1) is 8.25. The van der Waals surface area contributed by atoms with E-state index in [0.29, 0.717) is 6.04 Å². The van der Waals surface area contributed by atoms with E-state index in [4.69, 9.17) is 0 Å².